The fraction of sp³-hybridized carbons (Fsp3) is 0.227. The van der Waals surface area contributed by atoms with Gasteiger partial charge in [0.15, 0.2) is 6.10 Å². The van der Waals surface area contributed by atoms with Crippen LogP contribution in [0.5, 0.6) is 11.6 Å². The molecular weight excluding hydrogens is 389 g/mol. The summed E-state index contributed by atoms with van der Waals surface area (Å²) in [5, 5.41) is 6.93. The first-order valence-electron chi connectivity index (χ1n) is 9.57. The number of hydrogen-bond acceptors (Lipinski definition) is 5. The van der Waals surface area contributed by atoms with Gasteiger partial charge in [-0.3, -0.25) is 9.59 Å². The molecule has 1 aromatic heterocycles. The first-order chi connectivity index (χ1) is 14.5. The third-order valence-electron chi connectivity index (χ3n) is 4.21. The molecule has 0 saturated carbocycles. The Morgan fingerprint density at radius 1 is 1.07 bits per heavy atom. The van der Waals surface area contributed by atoms with Gasteiger partial charge in [0.2, 0.25) is 5.88 Å². The van der Waals surface area contributed by atoms with Crippen molar-refractivity contribution < 1.29 is 18.7 Å². The SMILES string of the molecule is CCOc1ccc(NC(=O)[C@H](CC)Oc2ccc(=O)n(-c3ccc(F)cc3)n2)cc1. The molecule has 7 nitrogen and oxygen atoms in total. The van der Waals surface area contributed by atoms with Crippen molar-refractivity contribution in [3.8, 4) is 17.3 Å². The Morgan fingerprint density at radius 2 is 1.77 bits per heavy atom. The molecule has 8 heteroatoms. The summed E-state index contributed by atoms with van der Waals surface area (Å²) in [7, 11) is 0. The Labute approximate surface area is 173 Å². The average Bonchev–Trinajstić information content (AvgIpc) is 2.75. The van der Waals surface area contributed by atoms with E-state index in [0.29, 0.717) is 30.2 Å². The summed E-state index contributed by atoms with van der Waals surface area (Å²) in [6.07, 6.45) is -0.427. The normalized spacial score (nSPS) is 11.6. The van der Waals surface area contributed by atoms with Crippen LogP contribution in [0, 0.1) is 5.82 Å². The number of nitrogens with one attached hydrogen (secondary N) is 1. The molecule has 0 aliphatic rings. The number of amides is 1. The predicted octanol–water partition coefficient (Wildman–Crippen LogP) is 3.57. The van der Waals surface area contributed by atoms with Crippen molar-refractivity contribution in [3.63, 3.8) is 0 Å². The zero-order chi connectivity index (χ0) is 21.5. The summed E-state index contributed by atoms with van der Waals surface area (Å²) < 4.78 is 25.3. The predicted molar refractivity (Wildman–Crippen MR) is 111 cm³/mol. The van der Waals surface area contributed by atoms with Crippen LogP contribution in [0.15, 0.2) is 65.5 Å². The minimum absolute atomic E-state index is 0.104. The summed E-state index contributed by atoms with van der Waals surface area (Å²) >= 11 is 0. The van der Waals surface area contributed by atoms with E-state index in [0.717, 1.165) is 4.68 Å². The monoisotopic (exact) mass is 411 g/mol. The van der Waals surface area contributed by atoms with Gasteiger partial charge < -0.3 is 14.8 Å². The number of carbonyl (C=O) groups is 1. The molecule has 1 atom stereocenters. The second-order valence-electron chi connectivity index (χ2n) is 6.36. The molecule has 156 valence electrons. The van der Waals surface area contributed by atoms with Gasteiger partial charge in [-0.15, -0.1) is 5.10 Å². The molecule has 0 aliphatic carbocycles. The number of halogens is 1. The Bertz CT molecular complexity index is 1050. The van der Waals surface area contributed by atoms with Crippen LogP contribution < -0.4 is 20.3 Å². The Balaban J connectivity index is 1.73. The molecule has 2 aromatic carbocycles. The van der Waals surface area contributed by atoms with Crippen molar-refractivity contribution >= 4 is 11.6 Å². The van der Waals surface area contributed by atoms with Crippen LogP contribution in [0.25, 0.3) is 5.69 Å². The summed E-state index contributed by atoms with van der Waals surface area (Å²) in [5.74, 6) is 0.0536. The molecule has 0 saturated heterocycles. The Hall–Kier alpha value is -3.68. The molecule has 0 bridgehead atoms. The van der Waals surface area contributed by atoms with Gasteiger partial charge in [0.1, 0.15) is 11.6 Å². The number of benzene rings is 2. The Kier molecular flexibility index (Phi) is 6.79. The first-order valence-corrected chi connectivity index (χ1v) is 9.57. The van der Waals surface area contributed by atoms with Crippen LogP contribution in [-0.4, -0.2) is 28.4 Å². The van der Waals surface area contributed by atoms with E-state index in [9.17, 15) is 14.0 Å². The van der Waals surface area contributed by atoms with E-state index in [-0.39, 0.29) is 11.8 Å². The van der Waals surface area contributed by atoms with Gasteiger partial charge in [0, 0.05) is 17.8 Å². The van der Waals surface area contributed by atoms with Crippen LogP contribution in [-0.2, 0) is 4.79 Å². The topological polar surface area (TPSA) is 82.5 Å². The Morgan fingerprint density at radius 3 is 2.40 bits per heavy atom. The second kappa shape index (κ2) is 9.69. The first kappa shape index (κ1) is 21.0. The van der Waals surface area contributed by atoms with E-state index in [1.165, 1.54) is 36.4 Å². The van der Waals surface area contributed by atoms with Crippen molar-refractivity contribution in [1.29, 1.82) is 0 Å². The lowest BCUT2D eigenvalue weighted by Crippen LogP contribution is -2.33. The zero-order valence-corrected chi connectivity index (χ0v) is 16.7. The average molecular weight is 411 g/mol. The van der Waals surface area contributed by atoms with Crippen LogP contribution in [0.4, 0.5) is 10.1 Å². The van der Waals surface area contributed by atoms with Gasteiger partial charge in [-0.25, -0.2) is 4.39 Å². The molecule has 0 aliphatic heterocycles. The molecule has 0 spiro atoms. The van der Waals surface area contributed by atoms with Gasteiger partial charge >= 0.3 is 0 Å². The maximum absolute atomic E-state index is 13.1. The highest BCUT2D eigenvalue weighted by atomic mass is 19.1. The molecule has 1 amide bonds. The largest absolute Gasteiger partial charge is 0.494 e. The number of nitrogens with zero attached hydrogens (tertiary/aromatic N) is 2. The maximum atomic E-state index is 13.1. The zero-order valence-electron chi connectivity index (χ0n) is 16.7. The third-order valence-corrected chi connectivity index (χ3v) is 4.21. The standard InChI is InChI=1S/C22H22FN3O4/c1-3-19(22(28)24-16-7-11-18(12-8-16)29-4-2)30-20-13-14-21(27)26(25-20)17-9-5-15(23)6-10-17/h5-14,19H,3-4H2,1-2H3,(H,24,28)/t19-/m0/s1. The fourth-order valence-corrected chi connectivity index (χ4v) is 2.72. The van der Waals surface area contributed by atoms with Gasteiger partial charge in [-0.2, -0.15) is 4.68 Å². The molecular formula is C22H22FN3O4. The lowest BCUT2D eigenvalue weighted by Gasteiger charge is -2.17. The molecule has 3 rings (SSSR count). The molecule has 0 radical (unpaired) electrons. The minimum Gasteiger partial charge on any atom is -0.494 e. The number of rotatable bonds is 8. The van der Waals surface area contributed by atoms with Gasteiger partial charge in [0.05, 0.1) is 12.3 Å². The summed E-state index contributed by atoms with van der Waals surface area (Å²) in [6.45, 7) is 4.26. The van der Waals surface area contributed by atoms with Crippen molar-refractivity contribution in [2.45, 2.75) is 26.4 Å². The summed E-state index contributed by atoms with van der Waals surface area (Å²) in [4.78, 5) is 24.7. The summed E-state index contributed by atoms with van der Waals surface area (Å²) in [5.41, 5.74) is 0.592. The van der Waals surface area contributed by atoms with E-state index < -0.39 is 17.5 Å². The molecule has 1 heterocycles. The number of ether oxygens (including phenoxy) is 2. The van der Waals surface area contributed by atoms with Crippen LogP contribution in [0.3, 0.4) is 0 Å². The smallest absolute Gasteiger partial charge is 0.271 e. The fourth-order valence-electron chi connectivity index (χ4n) is 2.72. The molecule has 0 unspecified atom stereocenters. The van der Waals surface area contributed by atoms with Gasteiger partial charge in [0.25, 0.3) is 11.5 Å². The number of carbonyl (C=O) groups excluding carboxylic acids is 1. The van der Waals surface area contributed by atoms with E-state index in [4.69, 9.17) is 9.47 Å². The van der Waals surface area contributed by atoms with E-state index in [1.54, 1.807) is 31.2 Å². The van der Waals surface area contributed by atoms with Crippen LogP contribution in [0.2, 0.25) is 0 Å². The van der Waals surface area contributed by atoms with Crippen molar-refractivity contribution in [2.75, 3.05) is 11.9 Å². The molecule has 1 N–H and O–H groups in total. The molecule has 0 fully saturated rings. The number of anilines is 1. The molecule has 3 aromatic rings. The van der Waals surface area contributed by atoms with Gasteiger partial charge in [-0.1, -0.05) is 6.92 Å². The second-order valence-corrected chi connectivity index (χ2v) is 6.36. The van der Waals surface area contributed by atoms with Crippen molar-refractivity contribution in [1.82, 2.24) is 9.78 Å². The lowest BCUT2D eigenvalue weighted by molar-refractivity contribution is -0.123. The summed E-state index contributed by atoms with van der Waals surface area (Å²) in [6, 6.07) is 15.0. The molecule has 30 heavy (non-hydrogen) atoms. The van der Waals surface area contributed by atoms with E-state index in [1.807, 2.05) is 6.92 Å². The van der Waals surface area contributed by atoms with Crippen LogP contribution in [0.1, 0.15) is 20.3 Å². The van der Waals surface area contributed by atoms with Gasteiger partial charge in [-0.05, 0) is 61.9 Å². The van der Waals surface area contributed by atoms with Crippen molar-refractivity contribution in [3.05, 3.63) is 76.8 Å². The minimum atomic E-state index is -0.816. The third kappa shape index (κ3) is 5.22. The highest BCUT2D eigenvalue weighted by molar-refractivity contribution is 5.94. The maximum Gasteiger partial charge on any atom is 0.271 e. The van der Waals surface area contributed by atoms with Crippen LogP contribution >= 0.6 is 0 Å². The number of hydrogen-bond donors (Lipinski definition) is 1. The van der Waals surface area contributed by atoms with E-state index >= 15 is 0 Å². The lowest BCUT2D eigenvalue weighted by atomic mass is 10.2. The van der Waals surface area contributed by atoms with Crippen molar-refractivity contribution in [2.24, 2.45) is 0 Å². The quantitative estimate of drug-likeness (QED) is 0.613. The highest BCUT2D eigenvalue weighted by Crippen LogP contribution is 2.17. The van der Waals surface area contributed by atoms with E-state index in [2.05, 4.69) is 10.4 Å². The number of aromatic nitrogens is 2. The highest BCUT2D eigenvalue weighted by Gasteiger charge is 2.20.